The van der Waals surface area contributed by atoms with Crippen molar-refractivity contribution >= 4 is 18.2 Å². The van der Waals surface area contributed by atoms with Gasteiger partial charge in [-0.15, -0.1) is 0 Å². The van der Waals surface area contributed by atoms with Crippen molar-refractivity contribution < 1.29 is 33.3 Å². The zero-order valence-corrected chi connectivity index (χ0v) is 15.8. The summed E-state index contributed by atoms with van der Waals surface area (Å²) in [7, 11) is 0. The van der Waals surface area contributed by atoms with Gasteiger partial charge in [-0.05, 0) is 55.8 Å². The Morgan fingerprint density at radius 3 is 2.46 bits per heavy atom. The van der Waals surface area contributed by atoms with Gasteiger partial charge < -0.3 is 29.6 Å². The Hall–Kier alpha value is -2.29. The van der Waals surface area contributed by atoms with Gasteiger partial charge in [-0.1, -0.05) is 6.58 Å². The molecule has 2 amide bonds. The zero-order chi connectivity index (χ0) is 19.8. The average Bonchev–Trinajstić information content (AvgIpc) is 3.05. The van der Waals surface area contributed by atoms with E-state index < -0.39 is 24.9 Å². The minimum atomic E-state index is -0.825. The van der Waals surface area contributed by atoms with Crippen molar-refractivity contribution in [2.24, 2.45) is 29.6 Å². The van der Waals surface area contributed by atoms with Crippen molar-refractivity contribution in [1.82, 2.24) is 10.6 Å². The van der Waals surface area contributed by atoms with Gasteiger partial charge in [-0.2, -0.15) is 0 Å². The number of carbonyl (C=O) groups is 3. The molecular weight excluding hydrogens is 368 g/mol. The van der Waals surface area contributed by atoms with Crippen LogP contribution >= 0.6 is 0 Å². The first-order valence-corrected chi connectivity index (χ1v) is 9.75. The first-order chi connectivity index (χ1) is 13.5. The van der Waals surface area contributed by atoms with E-state index in [1.807, 2.05) is 0 Å². The Morgan fingerprint density at radius 2 is 1.71 bits per heavy atom. The summed E-state index contributed by atoms with van der Waals surface area (Å²) in [4.78, 5) is 34.4. The summed E-state index contributed by atoms with van der Waals surface area (Å²) in [5.41, 5.74) is 0.205. The van der Waals surface area contributed by atoms with Crippen LogP contribution in [-0.2, 0) is 23.7 Å². The van der Waals surface area contributed by atoms with Crippen LogP contribution in [0.25, 0.3) is 0 Å². The fourth-order valence-corrected chi connectivity index (χ4v) is 5.44. The Bertz CT molecular complexity index is 679. The van der Waals surface area contributed by atoms with E-state index in [9.17, 15) is 14.4 Å². The molecule has 2 N–H and O–H groups in total. The van der Waals surface area contributed by atoms with E-state index in [2.05, 4.69) is 26.7 Å². The molecule has 28 heavy (non-hydrogen) atoms. The Morgan fingerprint density at radius 1 is 1.00 bits per heavy atom. The summed E-state index contributed by atoms with van der Waals surface area (Å²) in [5, 5.41) is 4.76. The molecule has 4 rings (SSSR count). The molecule has 0 aromatic carbocycles. The fourth-order valence-electron chi connectivity index (χ4n) is 5.44. The zero-order valence-electron chi connectivity index (χ0n) is 15.8. The Labute approximate surface area is 163 Å². The Balaban J connectivity index is 1.08. The van der Waals surface area contributed by atoms with Crippen LogP contribution in [0.15, 0.2) is 12.2 Å². The summed E-state index contributed by atoms with van der Waals surface area (Å²) < 4.78 is 20.4. The van der Waals surface area contributed by atoms with Crippen molar-refractivity contribution in [2.45, 2.75) is 38.4 Å². The smallest absolute Gasteiger partial charge is 0.411 e. The van der Waals surface area contributed by atoms with E-state index in [1.165, 1.54) is 19.8 Å². The number of alkyl carbamates (subject to hydrolysis) is 2. The molecule has 9 nitrogen and oxygen atoms in total. The lowest BCUT2D eigenvalue weighted by molar-refractivity contribution is -0.146. The molecule has 1 aliphatic heterocycles. The summed E-state index contributed by atoms with van der Waals surface area (Å²) in [6.45, 7) is 4.61. The number of amides is 2. The van der Waals surface area contributed by atoms with Crippen molar-refractivity contribution in [3.8, 4) is 0 Å². The summed E-state index contributed by atoms with van der Waals surface area (Å²) >= 11 is 0. The molecule has 1 saturated heterocycles. The maximum absolute atomic E-state index is 11.9. The van der Waals surface area contributed by atoms with Crippen LogP contribution in [0, 0.1) is 29.6 Å². The van der Waals surface area contributed by atoms with E-state index >= 15 is 0 Å². The topological polar surface area (TPSA) is 115 Å². The third-order valence-electron chi connectivity index (χ3n) is 6.53. The lowest BCUT2D eigenvalue weighted by Crippen LogP contribution is -2.39. The number of nitrogens with one attached hydrogen (secondary N) is 2. The average molecular weight is 394 g/mol. The van der Waals surface area contributed by atoms with Gasteiger partial charge in [0.1, 0.15) is 0 Å². The van der Waals surface area contributed by atoms with Crippen molar-refractivity contribution in [3.05, 3.63) is 12.2 Å². The molecule has 3 saturated carbocycles. The lowest BCUT2D eigenvalue weighted by atomic mass is 9.78. The highest BCUT2D eigenvalue weighted by atomic mass is 16.7. The number of rotatable bonds is 7. The van der Waals surface area contributed by atoms with Crippen LogP contribution in [0.2, 0.25) is 0 Å². The molecule has 9 heteroatoms. The van der Waals surface area contributed by atoms with E-state index in [-0.39, 0.29) is 12.2 Å². The van der Waals surface area contributed by atoms with Crippen LogP contribution in [0.5, 0.6) is 0 Å². The van der Waals surface area contributed by atoms with Crippen LogP contribution in [0.3, 0.4) is 0 Å². The fraction of sp³-hybridized carbons (Fsp3) is 0.737. The van der Waals surface area contributed by atoms with Crippen molar-refractivity contribution in [3.63, 3.8) is 0 Å². The van der Waals surface area contributed by atoms with Crippen molar-refractivity contribution in [1.29, 1.82) is 0 Å². The molecule has 0 aromatic heterocycles. The number of epoxide rings is 1. The molecule has 4 aliphatic rings. The predicted octanol–water partition coefficient (Wildman–Crippen LogP) is 1.53. The summed E-state index contributed by atoms with van der Waals surface area (Å²) in [6.07, 6.45) is 3.16. The number of hydrogen-bond donors (Lipinski definition) is 2. The van der Waals surface area contributed by atoms with Gasteiger partial charge >= 0.3 is 18.2 Å². The molecule has 154 valence electrons. The van der Waals surface area contributed by atoms with Gasteiger partial charge in [0.15, 0.2) is 0 Å². The van der Waals surface area contributed by atoms with Gasteiger partial charge in [-0.25, -0.2) is 14.4 Å². The third kappa shape index (κ3) is 3.67. The van der Waals surface area contributed by atoms with Gasteiger partial charge in [0.25, 0.3) is 0 Å². The van der Waals surface area contributed by atoms with Crippen LogP contribution < -0.4 is 10.6 Å². The van der Waals surface area contributed by atoms with E-state index in [4.69, 9.17) is 9.47 Å². The standard InChI is InChI=1S/C19H26N2O7/c1-9(2)17(22)26-8-27-19(24)21-7-20-18(23)25-6-10-3-4-11-12-5-13(14(10)11)16-15(12)28-16/h10-16H,1,3-8H2,2H3,(H,20,23)(H,21,24). The summed E-state index contributed by atoms with van der Waals surface area (Å²) in [6, 6.07) is 0. The minimum Gasteiger partial charge on any atom is -0.449 e. The third-order valence-corrected chi connectivity index (χ3v) is 6.53. The quantitative estimate of drug-likeness (QED) is 0.291. The van der Waals surface area contributed by atoms with E-state index in [1.54, 1.807) is 0 Å². The van der Waals surface area contributed by atoms with Crippen molar-refractivity contribution in [2.75, 3.05) is 20.1 Å². The molecule has 7 atom stereocenters. The van der Waals surface area contributed by atoms with Crippen LogP contribution in [0.1, 0.15) is 26.2 Å². The van der Waals surface area contributed by atoms with Crippen LogP contribution in [-0.4, -0.2) is 50.4 Å². The molecule has 4 fully saturated rings. The van der Waals surface area contributed by atoms with E-state index in [0.29, 0.717) is 36.6 Å². The molecule has 0 spiro atoms. The highest BCUT2D eigenvalue weighted by Crippen LogP contribution is 2.67. The summed E-state index contributed by atoms with van der Waals surface area (Å²) in [5.74, 6) is 2.48. The molecule has 1 heterocycles. The number of esters is 1. The minimum absolute atomic E-state index is 0.148. The molecule has 7 unspecified atom stereocenters. The van der Waals surface area contributed by atoms with Gasteiger partial charge in [0.05, 0.1) is 25.5 Å². The molecule has 2 bridgehead atoms. The Kier molecular flexibility index (Phi) is 5.18. The number of fused-ring (bicyclic) bond motifs is 8. The highest BCUT2D eigenvalue weighted by molar-refractivity contribution is 5.86. The number of hydrogen-bond acceptors (Lipinski definition) is 7. The lowest BCUT2D eigenvalue weighted by Gasteiger charge is -2.26. The number of ether oxygens (including phenoxy) is 4. The largest absolute Gasteiger partial charge is 0.449 e. The first-order valence-electron chi connectivity index (χ1n) is 9.75. The SMILES string of the molecule is C=C(C)C(=O)OCOC(=O)NCNC(=O)OCC1CCC2C3CC(C4OC34)C12. The van der Waals surface area contributed by atoms with E-state index in [0.717, 1.165) is 18.3 Å². The molecule has 0 radical (unpaired) electrons. The van der Waals surface area contributed by atoms with Gasteiger partial charge in [0, 0.05) is 5.57 Å². The molecule has 0 aromatic rings. The normalized spacial score (nSPS) is 36.1. The highest BCUT2D eigenvalue weighted by Gasteiger charge is 2.69. The predicted molar refractivity (Wildman–Crippen MR) is 94.7 cm³/mol. The van der Waals surface area contributed by atoms with Gasteiger partial charge in [-0.3, -0.25) is 0 Å². The number of carbonyl (C=O) groups excluding carboxylic acids is 3. The first kappa shape index (κ1) is 19.0. The molecule has 3 aliphatic carbocycles. The maximum atomic E-state index is 11.9. The van der Waals surface area contributed by atoms with Gasteiger partial charge in [0.2, 0.25) is 6.79 Å². The second-order valence-corrected chi connectivity index (χ2v) is 8.10. The maximum Gasteiger partial charge on any atom is 0.411 e. The second kappa shape index (κ2) is 7.62. The second-order valence-electron chi connectivity index (χ2n) is 8.10. The molecular formula is C19H26N2O7. The monoisotopic (exact) mass is 394 g/mol. The van der Waals surface area contributed by atoms with Crippen LogP contribution in [0.4, 0.5) is 9.59 Å².